The van der Waals surface area contributed by atoms with Gasteiger partial charge in [0.2, 0.25) is 12.5 Å². The van der Waals surface area contributed by atoms with E-state index in [0.29, 0.717) is 17.8 Å². The number of benzene rings is 1. The standard InChI is InChI=1S/C18H28N2O4/c1-13(2)20-6-5-19(11-15(20)4-7-21)10-14-8-16(22-3)18-17(9-14)23-12-24-18/h8-9,13,15,21H,4-7,10-12H2,1-3H3. The van der Waals surface area contributed by atoms with E-state index in [1.165, 1.54) is 0 Å². The maximum Gasteiger partial charge on any atom is 0.231 e. The van der Waals surface area contributed by atoms with Crippen molar-refractivity contribution in [2.45, 2.75) is 38.9 Å². The summed E-state index contributed by atoms with van der Waals surface area (Å²) in [7, 11) is 1.65. The lowest BCUT2D eigenvalue weighted by Crippen LogP contribution is -2.55. The van der Waals surface area contributed by atoms with E-state index >= 15 is 0 Å². The predicted molar refractivity (Wildman–Crippen MR) is 91.7 cm³/mol. The lowest BCUT2D eigenvalue weighted by atomic mass is 10.1. The van der Waals surface area contributed by atoms with Crippen LogP contribution in [0.4, 0.5) is 0 Å². The number of piperazine rings is 1. The number of aliphatic hydroxyl groups is 1. The van der Waals surface area contributed by atoms with Crippen molar-refractivity contribution in [2.75, 3.05) is 40.1 Å². The summed E-state index contributed by atoms with van der Waals surface area (Å²) in [5, 5.41) is 9.38. The highest BCUT2D eigenvalue weighted by Gasteiger charge is 2.29. The van der Waals surface area contributed by atoms with Gasteiger partial charge in [0.15, 0.2) is 11.5 Å². The second-order valence-electron chi connectivity index (χ2n) is 6.76. The van der Waals surface area contributed by atoms with E-state index in [1.54, 1.807) is 7.11 Å². The molecule has 1 atom stereocenters. The van der Waals surface area contributed by atoms with Crippen molar-refractivity contribution >= 4 is 0 Å². The van der Waals surface area contributed by atoms with Gasteiger partial charge in [0, 0.05) is 44.9 Å². The smallest absolute Gasteiger partial charge is 0.231 e. The second-order valence-corrected chi connectivity index (χ2v) is 6.76. The average molecular weight is 336 g/mol. The van der Waals surface area contributed by atoms with Gasteiger partial charge >= 0.3 is 0 Å². The Hall–Kier alpha value is -1.50. The first-order valence-corrected chi connectivity index (χ1v) is 8.67. The van der Waals surface area contributed by atoms with Gasteiger partial charge in [-0.2, -0.15) is 0 Å². The Bertz CT molecular complexity index is 564. The molecule has 2 heterocycles. The second kappa shape index (κ2) is 7.59. The Kier molecular flexibility index (Phi) is 5.48. The molecule has 0 spiro atoms. The van der Waals surface area contributed by atoms with Crippen molar-refractivity contribution in [3.05, 3.63) is 17.7 Å². The lowest BCUT2D eigenvalue weighted by Gasteiger charge is -2.43. The van der Waals surface area contributed by atoms with Crippen LogP contribution < -0.4 is 14.2 Å². The third-order valence-corrected chi connectivity index (χ3v) is 4.86. The number of rotatable bonds is 6. The van der Waals surface area contributed by atoms with Gasteiger partial charge < -0.3 is 19.3 Å². The van der Waals surface area contributed by atoms with Crippen LogP contribution in [0.2, 0.25) is 0 Å². The van der Waals surface area contributed by atoms with Gasteiger partial charge in [0.05, 0.1) is 7.11 Å². The van der Waals surface area contributed by atoms with Crippen molar-refractivity contribution in [3.63, 3.8) is 0 Å². The predicted octanol–water partition coefficient (Wildman–Crippen LogP) is 1.70. The molecule has 1 N–H and O–H groups in total. The van der Waals surface area contributed by atoms with Crippen LogP contribution in [-0.4, -0.2) is 67.1 Å². The molecule has 3 rings (SSSR count). The summed E-state index contributed by atoms with van der Waals surface area (Å²) in [6.45, 7) is 8.81. The highest BCUT2D eigenvalue weighted by atomic mass is 16.7. The van der Waals surface area contributed by atoms with Crippen LogP contribution >= 0.6 is 0 Å². The van der Waals surface area contributed by atoms with Crippen LogP contribution in [0.1, 0.15) is 25.8 Å². The molecule has 1 saturated heterocycles. The molecular formula is C18H28N2O4. The number of nitrogens with zero attached hydrogens (tertiary/aromatic N) is 2. The maximum atomic E-state index is 9.38. The molecule has 1 aromatic rings. The van der Waals surface area contributed by atoms with E-state index in [1.807, 2.05) is 12.1 Å². The molecule has 0 saturated carbocycles. The van der Waals surface area contributed by atoms with E-state index in [4.69, 9.17) is 14.2 Å². The summed E-state index contributed by atoms with van der Waals surface area (Å²) in [5.41, 5.74) is 1.16. The first kappa shape index (κ1) is 17.3. The molecule has 0 bridgehead atoms. The lowest BCUT2D eigenvalue weighted by molar-refractivity contribution is 0.0349. The van der Waals surface area contributed by atoms with Gasteiger partial charge in [-0.25, -0.2) is 0 Å². The van der Waals surface area contributed by atoms with Gasteiger partial charge in [-0.15, -0.1) is 0 Å². The molecule has 1 unspecified atom stereocenters. The van der Waals surface area contributed by atoms with Gasteiger partial charge in [-0.05, 0) is 38.0 Å². The fourth-order valence-corrected chi connectivity index (χ4v) is 3.70. The summed E-state index contributed by atoms with van der Waals surface area (Å²) in [5.74, 6) is 2.19. The van der Waals surface area contributed by atoms with Gasteiger partial charge in [-0.1, -0.05) is 0 Å². The average Bonchev–Trinajstić information content (AvgIpc) is 3.03. The zero-order chi connectivity index (χ0) is 17.1. The largest absolute Gasteiger partial charge is 0.493 e. The first-order valence-electron chi connectivity index (χ1n) is 8.67. The number of aliphatic hydroxyl groups excluding tert-OH is 1. The summed E-state index contributed by atoms with van der Waals surface area (Å²) in [4.78, 5) is 4.93. The summed E-state index contributed by atoms with van der Waals surface area (Å²) < 4.78 is 16.4. The van der Waals surface area contributed by atoms with E-state index < -0.39 is 0 Å². The molecule has 134 valence electrons. The molecule has 0 radical (unpaired) electrons. The van der Waals surface area contributed by atoms with Gasteiger partial charge in [0.25, 0.3) is 0 Å². The molecule has 0 amide bonds. The Labute approximate surface area is 143 Å². The van der Waals surface area contributed by atoms with E-state index in [-0.39, 0.29) is 13.4 Å². The molecule has 6 nitrogen and oxygen atoms in total. The minimum atomic E-state index is 0.236. The van der Waals surface area contributed by atoms with Crippen LogP contribution in [0.25, 0.3) is 0 Å². The van der Waals surface area contributed by atoms with E-state index in [2.05, 4.69) is 23.6 Å². The number of ether oxygens (including phenoxy) is 3. The number of methoxy groups -OCH3 is 1. The number of hydrogen-bond acceptors (Lipinski definition) is 6. The Morgan fingerprint density at radius 2 is 2.12 bits per heavy atom. The molecule has 2 aliphatic heterocycles. The fraction of sp³-hybridized carbons (Fsp3) is 0.667. The van der Waals surface area contributed by atoms with Gasteiger partial charge in [0.1, 0.15) is 0 Å². The molecule has 2 aliphatic rings. The fourth-order valence-electron chi connectivity index (χ4n) is 3.70. The van der Waals surface area contributed by atoms with Crippen molar-refractivity contribution in [1.82, 2.24) is 9.80 Å². The molecular weight excluding hydrogens is 308 g/mol. The molecule has 6 heteroatoms. The zero-order valence-electron chi connectivity index (χ0n) is 14.8. The van der Waals surface area contributed by atoms with Crippen molar-refractivity contribution in [2.24, 2.45) is 0 Å². The van der Waals surface area contributed by atoms with Crippen LogP contribution in [0.3, 0.4) is 0 Å². The summed E-state index contributed by atoms with van der Waals surface area (Å²) in [6.07, 6.45) is 0.819. The SMILES string of the molecule is COc1cc(CN2CCN(C(C)C)C(CCO)C2)cc2c1OCO2. The van der Waals surface area contributed by atoms with Crippen molar-refractivity contribution in [1.29, 1.82) is 0 Å². The molecule has 0 aliphatic carbocycles. The molecule has 24 heavy (non-hydrogen) atoms. The minimum absolute atomic E-state index is 0.236. The third-order valence-electron chi connectivity index (χ3n) is 4.86. The normalized spacial score (nSPS) is 21.5. The minimum Gasteiger partial charge on any atom is -0.493 e. The molecule has 1 fully saturated rings. The first-order chi connectivity index (χ1) is 11.6. The van der Waals surface area contributed by atoms with Crippen molar-refractivity contribution < 1.29 is 19.3 Å². The third kappa shape index (κ3) is 3.61. The van der Waals surface area contributed by atoms with Crippen LogP contribution in [0, 0.1) is 0 Å². The quantitative estimate of drug-likeness (QED) is 0.853. The van der Waals surface area contributed by atoms with E-state index in [9.17, 15) is 5.11 Å². The topological polar surface area (TPSA) is 54.4 Å². The number of fused-ring (bicyclic) bond motifs is 1. The summed E-state index contributed by atoms with van der Waals surface area (Å²) in [6, 6.07) is 4.98. The Morgan fingerprint density at radius 3 is 2.83 bits per heavy atom. The summed E-state index contributed by atoms with van der Waals surface area (Å²) >= 11 is 0. The van der Waals surface area contributed by atoms with Crippen LogP contribution in [0.5, 0.6) is 17.2 Å². The highest BCUT2D eigenvalue weighted by Crippen LogP contribution is 2.42. The highest BCUT2D eigenvalue weighted by molar-refractivity contribution is 5.55. The molecule has 0 aromatic heterocycles. The van der Waals surface area contributed by atoms with Crippen LogP contribution in [0.15, 0.2) is 12.1 Å². The number of hydrogen-bond donors (Lipinski definition) is 1. The Morgan fingerprint density at radius 1 is 1.29 bits per heavy atom. The van der Waals surface area contributed by atoms with Gasteiger partial charge in [-0.3, -0.25) is 9.80 Å². The monoisotopic (exact) mass is 336 g/mol. The zero-order valence-corrected chi connectivity index (χ0v) is 14.8. The van der Waals surface area contributed by atoms with E-state index in [0.717, 1.165) is 49.7 Å². The molecule has 1 aromatic carbocycles. The Balaban J connectivity index is 1.70. The maximum absolute atomic E-state index is 9.38. The van der Waals surface area contributed by atoms with Crippen LogP contribution in [-0.2, 0) is 6.54 Å². The van der Waals surface area contributed by atoms with Crippen molar-refractivity contribution in [3.8, 4) is 17.2 Å².